The average Bonchev–Trinajstić information content (AvgIpc) is 3.22. The van der Waals surface area contributed by atoms with Crippen molar-refractivity contribution in [3.05, 3.63) is 18.2 Å². The summed E-state index contributed by atoms with van der Waals surface area (Å²) in [6.07, 6.45) is 2.73. The summed E-state index contributed by atoms with van der Waals surface area (Å²) in [4.78, 5) is 0.180. The number of rotatable bonds is 7. The van der Waals surface area contributed by atoms with Crippen molar-refractivity contribution >= 4 is 15.7 Å². The van der Waals surface area contributed by atoms with Crippen LogP contribution in [0.1, 0.15) is 33.1 Å². The number of sulfonamides is 1. The second-order valence-electron chi connectivity index (χ2n) is 5.93. The Morgan fingerprint density at radius 1 is 1.38 bits per heavy atom. The third-order valence-electron chi connectivity index (χ3n) is 3.68. The molecule has 0 saturated heterocycles. The lowest BCUT2D eigenvalue weighted by Crippen LogP contribution is -2.35. The molecule has 21 heavy (non-hydrogen) atoms. The maximum absolute atomic E-state index is 12.9. The lowest BCUT2D eigenvalue weighted by atomic mass is 10.1. The molecule has 0 aromatic heterocycles. The first-order valence-corrected chi connectivity index (χ1v) is 8.75. The van der Waals surface area contributed by atoms with Crippen LogP contribution in [0.25, 0.3) is 0 Å². The second-order valence-corrected chi connectivity index (χ2v) is 7.79. The van der Waals surface area contributed by atoms with E-state index in [-0.39, 0.29) is 16.6 Å². The fourth-order valence-corrected chi connectivity index (χ4v) is 4.06. The van der Waals surface area contributed by atoms with Crippen LogP contribution < -0.4 is 10.5 Å². The molecular formula is C15H24N2O3S. The van der Waals surface area contributed by atoms with Gasteiger partial charge in [0.05, 0.1) is 12.8 Å². The number of benzene rings is 1. The molecule has 1 fully saturated rings. The van der Waals surface area contributed by atoms with Gasteiger partial charge in [-0.25, -0.2) is 8.42 Å². The minimum Gasteiger partial charge on any atom is -0.497 e. The standard InChI is InChI=1S/C15H24N2O3S/c1-11(2)8-9-17(12-4-5-12)21(18,19)15-7-6-13(20-3)10-14(15)16/h6-7,10-12H,4-5,8-9,16H2,1-3H3. The Bertz CT molecular complexity index is 595. The molecule has 0 radical (unpaired) electrons. The van der Waals surface area contributed by atoms with Crippen molar-refractivity contribution < 1.29 is 13.2 Å². The van der Waals surface area contributed by atoms with Crippen LogP contribution in [0.2, 0.25) is 0 Å². The quantitative estimate of drug-likeness (QED) is 0.785. The number of ether oxygens (including phenoxy) is 1. The van der Waals surface area contributed by atoms with E-state index in [0.29, 0.717) is 18.2 Å². The summed E-state index contributed by atoms with van der Waals surface area (Å²) in [7, 11) is -2.01. The van der Waals surface area contributed by atoms with Crippen molar-refractivity contribution in [1.82, 2.24) is 4.31 Å². The Hall–Kier alpha value is -1.27. The van der Waals surface area contributed by atoms with Crippen molar-refractivity contribution in [1.29, 1.82) is 0 Å². The third-order valence-corrected chi connectivity index (χ3v) is 5.71. The highest BCUT2D eigenvalue weighted by Crippen LogP contribution is 2.35. The number of hydrogen-bond donors (Lipinski definition) is 1. The highest BCUT2D eigenvalue weighted by atomic mass is 32.2. The summed E-state index contributed by atoms with van der Waals surface area (Å²) in [6, 6.07) is 4.86. The van der Waals surface area contributed by atoms with Crippen molar-refractivity contribution in [3.8, 4) is 5.75 Å². The van der Waals surface area contributed by atoms with Gasteiger partial charge < -0.3 is 10.5 Å². The molecule has 0 spiro atoms. The first-order chi connectivity index (χ1) is 9.86. The Kier molecular flexibility index (Phi) is 4.78. The molecule has 1 aromatic carbocycles. The Morgan fingerprint density at radius 3 is 2.52 bits per heavy atom. The zero-order valence-corrected chi connectivity index (χ0v) is 13.7. The van der Waals surface area contributed by atoms with Gasteiger partial charge in [-0.1, -0.05) is 13.8 Å². The van der Waals surface area contributed by atoms with Gasteiger partial charge in [0.2, 0.25) is 10.0 Å². The molecule has 2 rings (SSSR count). The number of methoxy groups -OCH3 is 1. The van der Waals surface area contributed by atoms with Gasteiger partial charge in [-0.3, -0.25) is 0 Å². The lowest BCUT2D eigenvalue weighted by Gasteiger charge is -2.23. The van der Waals surface area contributed by atoms with Gasteiger partial charge in [0.15, 0.2) is 0 Å². The molecule has 118 valence electrons. The van der Waals surface area contributed by atoms with E-state index in [1.54, 1.807) is 16.4 Å². The minimum absolute atomic E-state index is 0.134. The van der Waals surface area contributed by atoms with Gasteiger partial charge in [-0.05, 0) is 37.3 Å². The maximum atomic E-state index is 12.9. The summed E-state index contributed by atoms with van der Waals surface area (Å²) in [5, 5.41) is 0. The van der Waals surface area contributed by atoms with Crippen molar-refractivity contribution in [2.75, 3.05) is 19.4 Å². The van der Waals surface area contributed by atoms with Crippen molar-refractivity contribution in [3.63, 3.8) is 0 Å². The summed E-state index contributed by atoms with van der Waals surface area (Å²) in [5.74, 6) is 1.03. The van der Waals surface area contributed by atoms with Gasteiger partial charge in [-0.15, -0.1) is 0 Å². The fraction of sp³-hybridized carbons (Fsp3) is 0.600. The average molecular weight is 312 g/mol. The van der Waals surface area contributed by atoms with Crippen LogP contribution in [0, 0.1) is 5.92 Å². The normalized spacial score (nSPS) is 15.7. The molecule has 1 aliphatic carbocycles. The van der Waals surface area contributed by atoms with Crippen LogP contribution in [0.3, 0.4) is 0 Å². The Balaban J connectivity index is 2.29. The molecule has 0 amide bonds. The van der Waals surface area contributed by atoms with Crippen LogP contribution in [0.15, 0.2) is 23.1 Å². The monoisotopic (exact) mass is 312 g/mol. The van der Waals surface area contributed by atoms with E-state index in [4.69, 9.17) is 10.5 Å². The van der Waals surface area contributed by atoms with E-state index in [1.165, 1.54) is 13.2 Å². The first-order valence-electron chi connectivity index (χ1n) is 7.31. The number of nitrogens with two attached hydrogens (primary N) is 1. The van der Waals surface area contributed by atoms with Crippen LogP contribution in [0.5, 0.6) is 5.75 Å². The molecule has 1 aromatic rings. The molecule has 0 unspecified atom stereocenters. The van der Waals surface area contributed by atoms with E-state index < -0.39 is 10.0 Å². The minimum atomic E-state index is -3.54. The highest BCUT2D eigenvalue weighted by Gasteiger charge is 2.38. The highest BCUT2D eigenvalue weighted by molar-refractivity contribution is 7.89. The first kappa shape index (κ1) is 16.1. The molecule has 0 atom stereocenters. The lowest BCUT2D eigenvalue weighted by molar-refractivity contribution is 0.373. The molecule has 1 aliphatic rings. The van der Waals surface area contributed by atoms with E-state index in [1.807, 2.05) is 0 Å². The van der Waals surface area contributed by atoms with E-state index in [9.17, 15) is 8.42 Å². The topological polar surface area (TPSA) is 72.6 Å². The Morgan fingerprint density at radius 2 is 2.05 bits per heavy atom. The molecular weight excluding hydrogens is 288 g/mol. The van der Waals surface area contributed by atoms with Gasteiger partial charge >= 0.3 is 0 Å². The fourth-order valence-electron chi connectivity index (χ4n) is 2.26. The van der Waals surface area contributed by atoms with E-state index in [2.05, 4.69) is 13.8 Å². The summed E-state index contributed by atoms with van der Waals surface area (Å²) < 4.78 is 32.4. The van der Waals surface area contributed by atoms with Crippen LogP contribution >= 0.6 is 0 Å². The predicted molar refractivity (Wildman–Crippen MR) is 83.8 cm³/mol. The van der Waals surface area contributed by atoms with Crippen LogP contribution in [0.4, 0.5) is 5.69 Å². The summed E-state index contributed by atoms with van der Waals surface area (Å²) >= 11 is 0. The molecule has 0 heterocycles. The SMILES string of the molecule is COc1ccc(S(=O)(=O)N(CCC(C)C)C2CC2)c(N)c1. The molecule has 0 bridgehead atoms. The van der Waals surface area contributed by atoms with E-state index in [0.717, 1.165) is 19.3 Å². The van der Waals surface area contributed by atoms with Crippen LogP contribution in [-0.2, 0) is 10.0 Å². The zero-order chi connectivity index (χ0) is 15.6. The number of nitrogen functional groups attached to an aromatic ring is 1. The number of anilines is 1. The molecule has 1 saturated carbocycles. The molecule has 5 nitrogen and oxygen atoms in total. The molecule has 0 aliphatic heterocycles. The van der Waals surface area contributed by atoms with Crippen molar-refractivity contribution in [2.24, 2.45) is 5.92 Å². The summed E-state index contributed by atoms with van der Waals surface area (Å²) in [6.45, 7) is 4.75. The summed E-state index contributed by atoms with van der Waals surface area (Å²) in [5.41, 5.74) is 6.15. The Labute approximate surface area is 127 Å². The second kappa shape index (κ2) is 6.23. The van der Waals surface area contributed by atoms with Crippen LogP contribution in [-0.4, -0.2) is 32.4 Å². The molecule has 6 heteroatoms. The zero-order valence-electron chi connectivity index (χ0n) is 12.9. The van der Waals surface area contributed by atoms with Gasteiger partial charge in [0.25, 0.3) is 0 Å². The number of nitrogens with zero attached hydrogens (tertiary/aromatic N) is 1. The third kappa shape index (κ3) is 3.68. The van der Waals surface area contributed by atoms with Gasteiger partial charge in [-0.2, -0.15) is 4.31 Å². The van der Waals surface area contributed by atoms with E-state index >= 15 is 0 Å². The van der Waals surface area contributed by atoms with Gasteiger partial charge in [0, 0.05) is 18.7 Å². The predicted octanol–water partition coefficient (Wildman–Crippen LogP) is 2.48. The smallest absolute Gasteiger partial charge is 0.245 e. The largest absolute Gasteiger partial charge is 0.497 e. The maximum Gasteiger partial charge on any atom is 0.245 e. The van der Waals surface area contributed by atoms with Gasteiger partial charge in [0.1, 0.15) is 10.6 Å². The number of hydrogen-bond acceptors (Lipinski definition) is 4. The van der Waals surface area contributed by atoms with Crippen molar-refractivity contribution in [2.45, 2.75) is 44.0 Å². The molecule has 2 N–H and O–H groups in total.